The maximum Gasteiger partial charge on any atom is 0.209 e. The van der Waals surface area contributed by atoms with Gasteiger partial charge in [0.05, 0.1) is 12.6 Å². The molecule has 0 amide bonds. The molecule has 1 saturated heterocycles. The molecule has 1 unspecified atom stereocenters. The van der Waals surface area contributed by atoms with Crippen LogP contribution in [0.1, 0.15) is 26.7 Å². The standard InChI is InChI=1S/C9H16N4OS/c1-7(2)15-9-10-11-12-13(9)6-8-4-3-5-14-8/h7-8H,3-6H2,1-2H3. The summed E-state index contributed by atoms with van der Waals surface area (Å²) in [6.45, 7) is 5.92. The van der Waals surface area contributed by atoms with Crippen LogP contribution in [0.3, 0.4) is 0 Å². The normalized spacial score (nSPS) is 21.4. The minimum atomic E-state index is 0.292. The molecule has 5 nitrogen and oxygen atoms in total. The second-order valence-corrected chi connectivity index (χ2v) is 5.49. The van der Waals surface area contributed by atoms with Crippen LogP contribution in [0.25, 0.3) is 0 Å². The van der Waals surface area contributed by atoms with E-state index in [2.05, 4.69) is 29.4 Å². The van der Waals surface area contributed by atoms with Crippen LogP contribution in [-0.4, -0.2) is 38.2 Å². The molecule has 1 fully saturated rings. The van der Waals surface area contributed by atoms with Gasteiger partial charge < -0.3 is 4.74 Å². The van der Waals surface area contributed by atoms with Gasteiger partial charge in [-0.2, -0.15) is 0 Å². The van der Waals surface area contributed by atoms with E-state index in [0.29, 0.717) is 11.4 Å². The van der Waals surface area contributed by atoms with Gasteiger partial charge in [-0.15, -0.1) is 5.10 Å². The number of tetrazole rings is 1. The van der Waals surface area contributed by atoms with E-state index in [4.69, 9.17) is 4.74 Å². The number of rotatable bonds is 4. The van der Waals surface area contributed by atoms with Crippen LogP contribution in [-0.2, 0) is 11.3 Å². The fourth-order valence-electron chi connectivity index (χ4n) is 1.59. The SMILES string of the molecule is CC(C)Sc1nnnn1CC1CCCO1. The molecule has 2 heterocycles. The molecule has 1 aliphatic rings. The van der Waals surface area contributed by atoms with Crippen molar-refractivity contribution >= 4 is 11.8 Å². The number of ether oxygens (including phenoxy) is 1. The lowest BCUT2D eigenvalue weighted by Gasteiger charge is -2.10. The van der Waals surface area contributed by atoms with E-state index in [1.165, 1.54) is 0 Å². The highest BCUT2D eigenvalue weighted by Gasteiger charge is 2.19. The summed E-state index contributed by atoms with van der Waals surface area (Å²) in [5.41, 5.74) is 0. The monoisotopic (exact) mass is 228 g/mol. The molecule has 0 spiro atoms. The summed E-state index contributed by atoms with van der Waals surface area (Å²) in [6, 6.07) is 0. The lowest BCUT2D eigenvalue weighted by atomic mass is 10.2. The summed E-state index contributed by atoms with van der Waals surface area (Å²) < 4.78 is 7.41. The Morgan fingerprint density at radius 2 is 2.47 bits per heavy atom. The minimum Gasteiger partial charge on any atom is -0.376 e. The first-order chi connectivity index (χ1) is 7.25. The van der Waals surface area contributed by atoms with Crippen LogP contribution >= 0.6 is 11.8 Å². The predicted molar refractivity (Wildman–Crippen MR) is 57.8 cm³/mol. The van der Waals surface area contributed by atoms with Gasteiger partial charge in [-0.05, 0) is 23.3 Å². The Labute approximate surface area is 93.6 Å². The minimum absolute atomic E-state index is 0.292. The molecule has 0 radical (unpaired) electrons. The van der Waals surface area contributed by atoms with Crippen molar-refractivity contribution in [3.05, 3.63) is 0 Å². The number of hydrogen-bond acceptors (Lipinski definition) is 5. The van der Waals surface area contributed by atoms with Crippen LogP contribution in [0.4, 0.5) is 0 Å². The Kier molecular flexibility index (Phi) is 3.58. The summed E-state index contributed by atoms with van der Waals surface area (Å²) in [7, 11) is 0. The molecule has 0 aliphatic carbocycles. The van der Waals surface area contributed by atoms with Crippen LogP contribution in [0.15, 0.2) is 5.16 Å². The zero-order valence-corrected chi connectivity index (χ0v) is 9.90. The Morgan fingerprint density at radius 1 is 1.60 bits per heavy atom. The van der Waals surface area contributed by atoms with E-state index in [9.17, 15) is 0 Å². The van der Waals surface area contributed by atoms with Gasteiger partial charge in [0.2, 0.25) is 5.16 Å². The molecule has 1 aromatic heterocycles. The lowest BCUT2D eigenvalue weighted by molar-refractivity contribution is 0.0911. The molecule has 1 atom stereocenters. The van der Waals surface area contributed by atoms with Gasteiger partial charge in [-0.25, -0.2) is 4.68 Å². The van der Waals surface area contributed by atoms with Crippen molar-refractivity contribution < 1.29 is 4.74 Å². The van der Waals surface area contributed by atoms with Gasteiger partial charge in [0.1, 0.15) is 0 Å². The highest BCUT2D eigenvalue weighted by molar-refractivity contribution is 7.99. The largest absolute Gasteiger partial charge is 0.376 e. The molecule has 0 saturated carbocycles. The van der Waals surface area contributed by atoms with E-state index in [-0.39, 0.29) is 0 Å². The number of nitrogens with zero attached hydrogens (tertiary/aromatic N) is 4. The first kappa shape index (κ1) is 10.9. The van der Waals surface area contributed by atoms with E-state index in [1.54, 1.807) is 11.8 Å². The molecule has 84 valence electrons. The third-order valence-corrected chi connectivity index (χ3v) is 3.22. The third kappa shape index (κ3) is 2.92. The number of thioether (sulfide) groups is 1. The predicted octanol–water partition coefficient (Wildman–Crippen LogP) is 1.35. The van der Waals surface area contributed by atoms with Crippen molar-refractivity contribution in [2.24, 2.45) is 0 Å². The maximum atomic E-state index is 5.56. The van der Waals surface area contributed by atoms with Gasteiger partial charge in [0, 0.05) is 11.9 Å². The van der Waals surface area contributed by atoms with Crippen LogP contribution in [0.5, 0.6) is 0 Å². The lowest BCUT2D eigenvalue weighted by Crippen LogP contribution is -2.17. The molecule has 1 aromatic rings. The number of aromatic nitrogens is 4. The zero-order chi connectivity index (χ0) is 10.7. The Hall–Kier alpha value is -0.620. The third-order valence-electron chi connectivity index (χ3n) is 2.24. The van der Waals surface area contributed by atoms with E-state index in [1.807, 2.05) is 4.68 Å². The summed E-state index contributed by atoms with van der Waals surface area (Å²) in [6.07, 6.45) is 2.56. The first-order valence-electron chi connectivity index (χ1n) is 5.30. The molecule has 0 N–H and O–H groups in total. The van der Waals surface area contributed by atoms with Crippen molar-refractivity contribution in [1.82, 2.24) is 20.2 Å². The average molecular weight is 228 g/mol. The van der Waals surface area contributed by atoms with E-state index in [0.717, 1.165) is 31.1 Å². The molecule has 0 bridgehead atoms. The van der Waals surface area contributed by atoms with E-state index >= 15 is 0 Å². The molecule has 1 aliphatic heterocycles. The molecule has 0 aromatic carbocycles. The second kappa shape index (κ2) is 4.94. The van der Waals surface area contributed by atoms with Gasteiger partial charge in [0.15, 0.2) is 0 Å². The Bertz CT molecular complexity index is 309. The van der Waals surface area contributed by atoms with Crippen molar-refractivity contribution in [1.29, 1.82) is 0 Å². The van der Waals surface area contributed by atoms with E-state index < -0.39 is 0 Å². The Balaban J connectivity index is 1.97. The van der Waals surface area contributed by atoms with Crippen molar-refractivity contribution in [3.63, 3.8) is 0 Å². The molecule has 15 heavy (non-hydrogen) atoms. The van der Waals surface area contributed by atoms with Gasteiger partial charge in [0.25, 0.3) is 0 Å². The number of hydrogen-bond donors (Lipinski definition) is 0. The highest BCUT2D eigenvalue weighted by Crippen LogP contribution is 2.21. The van der Waals surface area contributed by atoms with Crippen molar-refractivity contribution in [2.75, 3.05) is 6.61 Å². The average Bonchev–Trinajstić information content (AvgIpc) is 2.78. The molecule has 2 rings (SSSR count). The zero-order valence-electron chi connectivity index (χ0n) is 9.09. The first-order valence-corrected chi connectivity index (χ1v) is 6.18. The molecule has 6 heteroatoms. The molecular weight excluding hydrogens is 212 g/mol. The second-order valence-electron chi connectivity index (χ2n) is 3.95. The fraction of sp³-hybridized carbons (Fsp3) is 0.889. The Morgan fingerprint density at radius 3 is 3.13 bits per heavy atom. The maximum absolute atomic E-state index is 5.56. The van der Waals surface area contributed by atoms with Crippen LogP contribution in [0, 0.1) is 0 Å². The quantitative estimate of drug-likeness (QED) is 0.728. The van der Waals surface area contributed by atoms with Crippen LogP contribution < -0.4 is 0 Å². The molecular formula is C9H16N4OS. The van der Waals surface area contributed by atoms with Gasteiger partial charge in [-0.3, -0.25) is 0 Å². The van der Waals surface area contributed by atoms with Crippen molar-refractivity contribution in [3.8, 4) is 0 Å². The summed E-state index contributed by atoms with van der Waals surface area (Å²) in [4.78, 5) is 0. The van der Waals surface area contributed by atoms with Crippen molar-refractivity contribution in [2.45, 2.75) is 49.7 Å². The topological polar surface area (TPSA) is 52.8 Å². The summed E-state index contributed by atoms with van der Waals surface area (Å²) in [5, 5.41) is 13.1. The smallest absolute Gasteiger partial charge is 0.209 e. The fourth-order valence-corrected chi connectivity index (χ4v) is 2.33. The van der Waals surface area contributed by atoms with Crippen LogP contribution in [0.2, 0.25) is 0 Å². The van der Waals surface area contributed by atoms with Gasteiger partial charge >= 0.3 is 0 Å². The summed E-state index contributed by atoms with van der Waals surface area (Å²) >= 11 is 1.69. The van der Waals surface area contributed by atoms with Gasteiger partial charge in [-0.1, -0.05) is 25.6 Å². The highest BCUT2D eigenvalue weighted by atomic mass is 32.2. The summed E-state index contributed by atoms with van der Waals surface area (Å²) in [5.74, 6) is 0.